The Bertz CT molecular complexity index is 567. The second kappa shape index (κ2) is 5.75. The predicted octanol–water partition coefficient (Wildman–Crippen LogP) is 2.35. The number of nitrogens with one attached hydrogen (secondary N) is 1. The van der Waals surface area contributed by atoms with Crippen LogP contribution in [0.25, 0.3) is 0 Å². The van der Waals surface area contributed by atoms with Crippen molar-refractivity contribution in [1.29, 1.82) is 0 Å². The summed E-state index contributed by atoms with van der Waals surface area (Å²) >= 11 is 3.34. The van der Waals surface area contributed by atoms with Gasteiger partial charge >= 0.3 is 0 Å². The first-order valence-corrected chi connectivity index (χ1v) is 9.33. The average molecular weight is 359 g/mol. The van der Waals surface area contributed by atoms with E-state index in [0.717, 1.165) is 36.7 Å². The molecule has 1 aromatic rings. The maximum Gasteiger partial charge on any atom is 0.243 e. The molecule has 2 saturated heterocycles. The van der Waals surface area contributed by atoms with Gasteiger partial charge in [-0.3, -0.25) is 0 Å². The minimum Gasteiger partial charge on any atom is -0.312 e. The number of hydrogen-bond donors (Lipinski definition) is 1. The van der Waals surface area contributed by atoms with Crippen LogP contribution in [0.15, 0.2) is 33.6 Å². The van der Waals surface area contributed by atoms with Gasteiger partial charge in [0.25, 0.3) is 0 Å². The van der Waals surface area contributed by atoms with Gasteiger partial charge in [0, 0.05) is 23.1 Å². The lowest BCUT2D eigenvalue weighted by molar-refractivity contribution is 0.322. The van der Waals surface area contributed by atoms with E-state index in [4.69, 9.17) is 0 Å². The van der Waals surface area contributed by atoms with Gasteiger partial charge in [-0.05, 0) is 56.5 Å². The van der Waals surface area contributed by atoms with Gasteiger partial charge in [0.05, 0.1) is 4.90 Å². The molecule has 2 aliphatic rings. The van der Waals surface area contributed by atoms with Gasteiger partial charge < -0.3 is 5.32 Å². The lowest BCUT2D eigenvalue weighted by Gasteiger charge is -2.28. The number of nitrogens with zero attached hydrogens (tertiary/aromatic N) is 1. The molecular weight excluding hydrogens is 340 g/mol. The molecule has 0 amide bonds. The maximum absolute atomic E-state index is 12.8. The second-order valence-electron chi connectivity index (χ2n) is 5.48. The van der Waals surface area contributed by atoms with Gasteiger partial charge in [0.15, 0.2) is 0 Å². The average Bonchev–Trinajstić information content (AvgIpc) is 3.10. The Morgan fingerprint density at radius 2 is 1.90 bits per heavy atom. The van der Waals surface area contributed by atoms with E-state index < -0.39 is 10.0 Å². The SMILES string of the molecule is O=S(=O)(c1ccc(Br)cc1)N1CCCC1C1CCCN1. The minimum atomic E-state index is -3.37. The summed E-state index contributed by atoms with van der Waals surface area (Å²) in [6, 6.07) is 7.36. The maximum atomic E-state index is 12.8. The Labute approximate surface area is 128 Å². The van der Waals surface area contributed by atoms with Crippen molar-refractivity contribution in [3.05, 3.63) is 28.7 Å². The number of benzene rings is 1. The van der Waals surface area contributed by atoms with E-state index in [2.05, 4.69) is 21.2 Å². The zero-order chi connectivity index (χ0) is 14.2. The van der Waals surface area contributed by atoms with Crippen LogP contribution in [0.4, 0.5) is 0 Å². The third-order valence-corrected chi connectivity index (χ3v) is 6.70. The smallest absolute Gasteiger partial charge is 0.243 e. The Balaban J connectivity index is 1.87. The van der Waals surface area contributed by atoms with Crippen molar-refractivity contribution < 1.29 is 8.42 Å². The van der Waals surface area contributed by atoms with E-state index in [1.165, 1.54) is 0 Å². The summed E-state index contributed by atoms with van der Waals surface area (Å²) in [7, 11) is -3.37. The predicted molar refractivity (Wildman–Crippen MR) is 82.1 cm³/mol. The summed E-state index contributed by atoms with van der Waals surface area (Å²) in [6.45, 7) is 1.65. The van der Waals surface area contributed by atoms with Gasteiger partial charge in [0.2, 0.25) is 10.0 Å². The van der Waals surface area contributed by atoms with Gasteiger partial charge in [-0.2, -0.15) is 4.31 Å². The first kappa shape index (κ1) is 14.5. The highest BCUT2D eigenvalue weighted by molar-refractivity contribution is 9.10. The molecular formula is C14H19BrN2O2S. The zero-order valence-corrected chi connectivity index (χ0v) is 13.7. The molecule has 0 aliphatic carbocycles. The lowest BCUT2D eigenvalue weighted by Crippen LogP contribution is -2.46. The summed E-state index contributed by atoms with van der Waals surface area (Å²) in [5, 5.41) is 3.45. The normalized spacial score (nSPS) is 28.1. The van der Waals surface area contributed by atoms with E-state index in [1.807, 2.05) is 0 Å². The van der Waals surface area contributed by atoms with Crippen LogP contribution in [0.5, 0.6) is 0 Å². The van der Waals surface area contributed by atoms with E-state index in [-0.39, 0.29) is 6.04 Å². The number of sulfonamides is 1. The molecule has 0 bridgehead atoms. The fourth-order valence-electron chi connectivity index (χ4n) is 3.25. The molecule has 0 aromatic heterocycles. The fourth-order valence-corrected chi connectivity index (χ4v) is 5.24. The fraction of sp³-hybridized carbons (Fsp3) is 0.571. The molecule has 1 aromatic carbocycles. The van der Waals surface area contributed by atoms with Crippen molar-refractivity contribution in [3.63, 3.8) is 0 Å². The van der Waals surface area contributed by atoms with Crippen molar-refractivity contribution in [2.45, 2.75) is 42.7 Å². The molecule has 1 N–H and O–H groups in total. The number of halogens is 1. The van der Waals surface area contributed by atoms with Crippen LogP contribution >= 0.6 is 15.9 Å². The second-order valence-corrected chi connectivity index (χ2v) is 8.29. The van der Waals surface area contributed by atoms with Crippen molar-refractivity contribution >= 4 is 26.0 Å². The highest BCUT2D eigenvalue weighted by atomic mass is 79.9. The van der Waals surface area contributed by atoms with Crippen LogP contribution < -0.4 is 5.32 Å². The monoisotopic (exact) mass is 358 g/mol. The van der Waals surface area contributed by atoms with Gasteiger partial charge in [0.1, 0.15) is 0 Å². The van der Waals surface area contributed by atoms with Crippen molar-refractivity contribution in [3.8, 4) is 0 Å². The Morgan fingerprint density at radius 1 is 1.15 bits per heavy atom. The molecule has 2 atom stereocenters. The van der Waals surface area contributed by atoms with Crippen molar-refractivity contribution in [2.24, 2.45) is 0 Å². The summed E-state index contributed by atoms with van der Waals surface area (Å²) in [6.07, 6.45) is 4.15. The molecule has 2 aliphatic heterocycles. The molecule has 2 unspecified atom stereocenters. The largest absolute Gasteiger partial charge is 0.312 e. The van der Waals surface area contributed by atoms with E-state index in [1.54, 1.807) is 28.6 Å². The van der Waals surface area contributed by atoms with Crippen LogP contribution in [-0.2, 0) is 10.0 Å². The van der Waals surface area contributed by atoms with Crippen LogP contribution in [0.1, 0.15) is 25.7 Å². The van der Waals surface area contributed by atoms with Crippen LogP contribution in [0, 0.1) is 0 Å². The first-order valence-electron chi connectivity index (χ1n) is 7.10. The molecule has 20 heavy (non-hydrogen) atoms. The Kier molecular flexibility index (Phi) is 4.17. The van der Waals surface area contributed by atoms with Crippen molar-refractivity contribution in [2.75, 3.05) is 13.1 Å². The summed E-state index contributed by atoms with van der Waals surface area (Å²) in [4.78, 5) is 0.394. The first-order chi connectivity index (χ1) is 9.59. The minimum absolute atomic E-state index is 0.117. The Hall–Kier alpha value is -0.430. The molecule has 3 rings (SSSR count). The summed E-state index contributed by atoms with van der Waals surface area (Å²) < 4.78 is 28.2. The van der Waals surface area contributed by atoms with E-state index >= 15 is 0 Å². The van der Waals surface area contributed by atoms with E-state index in [0.29, 0.717) is 17.5 Å². The molecule has 2 fully saturated rings. The van der Waals surface area contributed by atoms with Crippen LogP contribution in [0.2, 0.25) is 0 Å². The Morgan fingerprint density at radius 3 is 2.55 bits per heavy atom. The summed E-state index contributed by atoms with van der Waals surface area (Å²) in [5.41, 5.74) is 0. The quantitative estimate of drug-likeness (QED) is 0.902. The standard InChI is InChI=1S/C14H19BrN2O2S/c15-11-5-7-12(8-6-11)20(18,19)17-10-2-4-14(17)13-3-1-9-16-13/h5-8,13-14,16H,1-4,9-10H2. The molecule has 110 valence electrons. The molecule has 0 saturated carbocycles. The molecule has 0 spiro atoms. The van der Waals surface area contributed by atoms with Crippen molar-refractivity contribution in [1.82, 2.24) is 9.62 Å². The number of hydrogen-bond acceptors (Lipinski definition) is 3. The van der Waals surface area contributed by atoms with E-state index in [9.17, 15) is 8.42 Å². The zero-order valence-electron chi connectivity index (χ0n) is 11.3. The van der Waals surface area contributed by atoms with Crippen LogP contribution in [-0.4, -0.2) is 37.9 Å². The van der Waals surface area contributed by atoms with Gasteiger partial charge in [-0.15, -0.1) is 0 Å². The van der Waals surface area contributed by atoms with Crippen LogP contribution in [0.3, 0.4) is 0 Å². The van der Waals surface area contributed by atoms with Gasteiger partial charge in [-0.25, -0.2) is 8.42 Å². The highest BCUT2D eigenvalue weighted by Gasteiger charge is 2.40. The summed E-state index contributed by atoms with van der Waals surface area (Å²) in [5.74, 6) is 0. The molecule has 2 heterocycles. The topological polar surface area (TPSA) is 49.4 Å². The molecule has 0 radical (unpaired) electrons. The molecule has 6 heteroatoms. The molecule has 4 nitrogen and oxygen atoms in total. The third kappa shape index (κ3) is 2.66. The third-order valence-electron chi connectivity index (χ3n) is 4.23. The number of rotatable bonds is 3. The highest BCUT2D eigenvalue weighted by Crippen LogP contribution is 2.30. The van der Waals surface area contributed by atoms with Gasteiger partial charge in [-0.1, -0.05) is 15.9 Å². The lowest BCUT2D eigenvalue weighted by atomic mass is 10.1.